The highest BCUT2D eigenvalue weighted by molar-refractivity contribution is 7.89. The van der Waals surface area contributed by atoms with E-state index < -0.39 is 26.6 Å². The van der Waals surface area contributed by atoms with Gasteiger partial charge in [-0.2, -0.15) is 0 Å². The van der Waals surface area contributed by atoms with Gasteiger partial charge in [-0.25, -0.2) is 21.9 Å². The maximum Gasteiger partial charge on any atom is 0.246 e. The predicted octanol–water partition coefficient (Wildman–Crippen LogP) is 1.27. The van der Waals surface area contributed by atoms with E-state index in [1.54, 1.807) is 14.0 Å². The van der Waals surface area contributed by atoms with Crippen LogP contribution in [0.4, 0.5) is 8.78 Å². The molecule has 0 amide bonds. The molecule has 0 aliphatic carbocycles. The number of benzene rings is 1. The normalized spacial score (nSPS) is 12.9. The lowest BCUT2D eigenvalue weighted by Gasteiger charge is -2.12. The Morgan fingerprint density at radius 1 is 1.28 bits per heavy atom. The van der Waals surface area contributed by atoms with Crippen LogP contribution in [0.2, 0.25) is 0 Å². The van der Waals surface area contributed by atoms with Gasteiger partial charge in [0.1, 0.15) is 11.6 Å². The summed E-state index contributed by atoms with van der Waals surface area (Å²) in [6, 6.07) is 2.78. The molecule has 0 spiro atoms. The zero-order valence-corrected chi connectivity index (χ0v) is 11.5. The van der Waals surface area contributed by atoms with Crippen LogP contribution in [-0.2, 0) is 10.0 Å². The third-order valence-corrected chi connectivity index (χ3v) is 3.73. The standard InChI is InChI=1S/C10H14F2N2O2S.ClH/c1-7(13-2)6-14-17(15,16)10-8(11)4-3-5-9(10)12;/h3-5,7,13-14H,6H2,1-2H3;1H. The Labute approximate surface area is 111 Å². The number of halogens is 3. The molecule has 1 aromatic carbocycles. The minimum atomic E-state index is -4.17. The molecule has 1 rings (SSSR count). The predicted molar refractivity (Wildman–Crippen MR) is 67.3 cm³/mol. The summed E-state index contributed by atoms with van der Waals surface area (Å²) < 4.78 is 52.0. The summed E-state index contributed by atoms with van der Waals surface area (Å²) in [7, 11) is -2.51. The first kappa shape index (κ1) is 17.2. The fraction of sp³-hybridized carbons (Fsp3) is 0.400. The van der Waals surface area contributed by atoms with Crippen molar-refractivity contribution >= 4 is 22.4 Å². The van der Waals surface area contributed by atoms with Crippen LogP contribution in [-0.4, -0.2) is 28.1 Å². The third kappa shape index (κ3) is 4.16. The molecule has 0 saturated carbocycles. The molecule has 8 heteroatoms. The molecule has 1 atom stereocenters. The van der Waals surface area contributed by atoms with Crippen molar-refractivity contribution in [2.45, 2.75) is 17.9 Å². The van der Waals surface area contributed by atoms with E-state index in [4.69, 9.17) is 0 Å². The Hall–Kier alpha value is -0.760. The van der Waals surface area contributed by atoms with Crippen molar-refractivity contribution in [2.24, 2.45) is 0 Å². The van der Waals surface area contributed by atoms with Gasteiger partial charge in [-0.1, -0.05) is 6.07 Å². The van der Waals surface area contributed by atoms with Crippen molar-refractivity contribution in [1.29, 1.82) is 0 Å². The molecular formula is C10H15ClF2N2O2S. The van der Waals surface area contributed by atoms with Crippen molar-refractivity contribution in [3.8, 4) is 0 Å². The van der Waals surface area contributed by atoms with E-state index in [2.05, 4.69) is 10.0 Å². The minimum Gasteiger partial charge on any atom is -0.316 e. The van der Waals surface area contributed by atoms with Gasteiger partial charge in [0.05, 0.1) is 0 Å². The summed E-state index contributed by atoms with van der Waals surface area (Å²) in [6.07, 6.45) is 0. The number of sulfonamides is 1. The molecule has 2 N–H and O–H groups in total. The Balaban J connectivity index is 0.00000289. The maximum atomic E-state index is 13.3. The quantitative estimate of drug-likeness (QED) is 0.861. The van der Waals surface area contributed by atoms with Crippen LogP contribution in [0.15, 0.2) is 23.1 Å². The monoisotopic (exact) mass is 300 g/mol. The highest BCUT2D eigenvalue weighted by Crippen LogP contribution is 2.17. The van der Waals surface area contributed by atoms with Gasteiger partial charge in [-0.05, 0) is 26.1 Å². The summed E-state index contributed by atoms with van der Waals surface area (Å²) in [4.78, 5) is -0.941. The van der Waals surface area contributed by atoms with Gasteiger partial charge in [-0.15, -0.1) is 12.4 Å². The Morgan fingerprint density at radius 2 is 1.78 bits per heavy atom. The summed E-state index contributed by atoms with van der Waals surface area (Å²) in [5, 5.41) is 2.80. The molecule has 0 aliphatic heterocycles. The van der Waals surface area contributed by atoms with E-state index in [-0.39, 0.29) is 25.0 Å². The number of hydrogen-bond acceptors (Lipinski definition) is 3. The molecule has 0 bridgehead atoms. The SMILES string of the molecule is CNC(C)CNS(=O)(=O)c1c(F)cccc1F.Cl. The Kier molecular flexibility index (Phi) is 6.69. The van der Waals surface area contributed by atoms with Gasteiger partial charge in [0, 0.05) is 12.6 Å². The van der Waals surface area contributed by atoms with Crippen LogP contribution in [0.25, 0.3) is 0 Å². The fourth-order valence-corrected chi connectivity index (χ4v) is 2.41. The lowest BCUT2D eigenvalue weighted by molar-refractivity contribution is 0.508. The van der Waals surface area contributed by atoms with Gasteiger partial charge >= 0.3 is 0 Å². The van der Waals surface area contributed by atoms with Crippen LogP contribution >= 0.6 is 12.4 Å². The van der Waals surface area contributed by atoms with Gasteiger partial charge in [0.2, 0.25) is 10.0 Å². The second-order valence-corrected chi connectivity index (χ2v) is 5.30. The zero-order chi connectivity index (χ0) is 13.1. The molecule has 1 aromatic rings. The molecular weight excluding hydrogens is 286 g/mol. The van der Waals surface area contributed by atoms with Gasteiger partial charge in [0.25, 0.3) is 0 Å². The van der Waals surface area contributed by atoms with Crippen LogP contribution in [0, 0.1) is 11.6 Å². The van der Waals surface area contributed by atoms with E-state index in [9.17, 15) is 17.2 Å². The van der Waals surface area contributed by atoms with Crippen LogP contribution in [0.5, 0.6) is 0 Å². The van der Waals surface area contributed by atoms with Gasteiger partial charge in [0.15, 0.2) is 4.90 Å². The number of hydrogen-bond donors (Lipinski definition) is 2. The summed E-state index contributed by atoms with van der Waals surface area (Å²) in [5.74, 6) is -2.20. The van der Waals surface area contributed by atoms with E-state index in [0.717, 1.165) is 18.2 Å². The van der Waals surface area contributed by atoms with Gasteiger partial charge < -0.3 is 5.32 Å². The Morgan fingerprint density at radius 3 is 2.22 bits per heavy atom. The van der Waals surface area contributed by atoms with Crippen molar-refractivity contribution in [3.63, 3.8) is 0 Å². The second-order valence-electron chi connectivity index (χ2n) is 3.59. The van der Waals surface area contributed by atoms with Crippen molar-refractivity contribution < 1.29 is 17.2 Å². The molecule has 1 unspecified atom stereocenters. The smallest absolute Gasteiger partial charge is 0.246 e. The van der Waals surface area contributed by atoms with Crippen LogP contribution < -0.4 is 10.0 Å². The molecule has 0 radical (unpaired) electrons. The van der Waals surface area contributed by atoms with E-state index in [1.807, 2.05) is 0 Å². The summed E-state index contributed by atoms with van der Waals surface area (Å²) in [5.41, 5.74) is 0. The van der Waals surface area contributed by atoms with Crippen molar-refractivity contribution in [3.05, 3.63) is 29.8 Å². The lowest BCUT2D eigenvalue weighted by Crippen LogP contribution is -2.37. The first-order valence-electron chi connectivity index (χ1n) is 4.99. The molecule has 0 aliphatic rings. The lowest BCUT2D eigenvalue weighted by atomic mass is 10.3. The molecule has 0 saturated heterocycles. The molecule has 0 fully saturated rings. The first-order chi connectivity index (χ1) is 7.88. The number of rotatable bonds is 5. The first-order valence-corrected chi connectivity index (χ1v) is 6.47. The van der Waals surface area contributed by atoms with Gasteiger partial charge in [-0.3, -0.25) is 0 Å². The zero-order valence-electron chi connectivity index (χ0n) is 9.91. The van der Waals surface area contributed by atoms with E-state index in [1.165, 1.54) is 0 Å². The molecule has 18 heavy (non-hydrogen) atoms. The van der Waals surface area contributed by atoms with Crippen molar-refractivity contribution in [2.75, 3.05) is 13.6 Å². The topological polar surface area (TPSA) is 58.2 Å². The van der Waals surface area contributed by atoms with Crippen LogP contribution in [0.1, 0.15) is 6.92 Å². The van der Waals surface area contributed by atoms with Crippen molar-refractivity contribution in [1.82, 2.24) is 10.0 Å². The highest BCUT2D eigenvalue weighted by atomic mass is 35.5. The average molecular weight is 301 g/mol. The summed E-state index contributed by atoms with van der Waals surface area (Å²) in [6.45, 7) is 1.78. The van der Waals surface area contributed by atoms with E-state index >= 15 is 0 Å². The summed E-state index contributed by atoms with van der Waals surface area (Å²) >= 11 is 0. The second kappa shape index (κ2) is 6.98. The Bertz CT molecular complexity index is 476. The minimum absolute atomic E-state index is 0. The molecule has 0 heterocycles. The number of likely N-dealkylation sites (N-methyl/N-ethyl adjacent to an activating group) is 1. The molecule has 4 nitrogen and oxygen atoms in total. The highest BCUT2D eigenvalue weighted by Gasteiger charge is 2.23. The molecule has 104 valence electrons. The molecule has 0 aromatic heterocycles. The maximum absolute atomic E-state index is 13.3. The number of nitrogens with one attached hydrogen (secondary N) is 2. The largest absolute Gasteiger partial charge is 0.316 e. The fourth-order valence-electron chi connectivity index (χ4n) is 1.15. The van der Waals surface area contributed by atoms with Crippen LogP contribution in [0.3, 0.4) is 0 Å². The van der Waals surface area contributed by atoms with E-state index in [0.29, 0.717) is 0 Å². The third-order valence-electron chi connectivity index (χ3n) is 2.26. The average Bonchev–Trinajstić information content (AvgIpc) is 2.25.